The number of nitrogens with zero attached hydrogens (tertiary/aromatic N) is 4. The quantitative estimate of drug-likeness (QED) is 0.578. The van der Waals surface area contributed by atoms with Crippen molar-refractivity contribution in [2.24, 2.45) is 7.05 Å². The number of amides is 1. The van der Waals surface area contributed by atoms with E-state index in [1.54, 1.807) is 43.3 Å². The molecule has 0 N–H and O–H groups in total. The summed E-state index contributed by atoms with van der Waals surface area (Å²) in [6.07, 6.45) is 0.931. The van der Waals surface area contributed by atoms with Crippen molar-refractivity contribution in [2.75, 3.05) is 39.8 Å². The van der Waals surface area contributed by atoms with Crippen molar-refractivity contribution < 1.29 is 9.53 Å². The van der Waals surface area contributed by atoms with Gasteiger partial charge in [-0.1, -0.05) is 24.3 Å². The Morgan fingerprint density at radius 2 is 1.66 bits per heavy atom. The molecule has 1 saturated heterocycles. The molecule has 1 aliphatic rings. The lowest BCUT2D eigenvalue weighted by atomic mass is 10.1. The van der Waals surface area contributed by atoms with Crippen LogP contribution in [0.5, 0.6) is 5.75 Å². The van der Waals surface area contributed by atoms with E-state index in [9.17, 15) is 14.4 Å². The van der Waals surface area contributed by atoms with Gasteiger partial charge in [0.1, 0.15) is 12.3 Å². The number of carbonyl (C=O) groups excluding carboxylic acids is 1. The number of rotatable bonds is 6. The summed E-state index contributed by atoms with van der Waals surface area (Å²) >= 11 is 0. The van der Waals surface area contributed by atoms with Crippen LogP contribution in [0.15, 0.2) is 58.1 Å². The molecule has 1 aromatic heterocycles. The van der Waals surface area contributed by atoms with Crippen LogP contribution in [-0.2, 0) is 24.8 Å². The first kappa shape index (κ1) is 21.8. The zero-order chi connectivity index (χ0) is 22.7. The molecule has 8 nitrogen and oxygen atoms in total. The number of fused-ring (bicyclic) bond motifs is 1. The van der Waals surface area contributed by atoms with E-state index < -0.39 is 11.2 Å². The summed E-state index contributed by atoms with van der Waals surface area (Å²) in [4.78, 5) is 42.4. The third-order valence-electron chi connectivity index (χ3n) is 6.15. The van der Waals surface area contributed by atoms with Crippen LogP contribution in [-0.4, -0.2) is 64.7 Å². The minimum absolute atomic E-state index is 0.200. The topological polar surface area (TPSA) is 76.8 Å². The predicted octanol–water partition coefficient (Wildman–Crippen LogP) is 1.10. The van der Waals surface area contributed by atoms with Crippen molar-refractivity contribution in [1.82, 2.24) is 18.9 Å². The number of benzene rings is 2. The molecule has 4 rings (SSSR count). The standard InChI is InChI=1S/C24H28N4O4/c1-25-21-6-4-3-5-20(21)23(30)28(24(25)31)17-22(29)27-15-13-26(14-16-27)12-11-18-7-9-19(32-2)10-8-18/h3-10H,11-17H2,1-2H3. The second-order valence-corrected chi connectivity index (χ2v) is 8.07. The van der Waals surface area contributed by atoms with Gasteiger partial charge < -0.3 is 9.64 Å². The maximum Gasteiger partial charge on any atom is 0.331 e. The van der Waals surface area contributed by atoms with Crippen molar-refractivity contribution in [3.05, 3.63) is 74.9 Å². The van der Waals surface area contributed by atoms with E-state index in [2.05, 4.69) is 17.0 Å². The number of aromatic nitrogens is 2. The first-order valence-electron chi connectivity index (χ1n) is 10.8. The van der Waals surface area contributed by atoms with Gasteiger partial charge in [-0.2, -0.15) is 0 Å². The number of hydrogen-bond acceptors (Lipinski definition) is 5. The molecule has 0 atom stereocenters. The van der Waals surface area contributed by atoms with Gasteiger partial charge in [0.15, 0.2) is 0 Å². The Morgan fingerprint density at radius 3 is 2.34 bits per heavy atom. The molecule has 0 aliphatic carbocycles. The average molecular weight is 437 g/mol. The van der Waals surface area contributed by atoms with Gasteiger partial charge in [0.2, 0.25) is 5.91 Å². The van der Waals surface area contributed by atoms with Crippen molar-refractivity contribution in [3.63, 3.8) is 0 Å². The van der Waals surface area contributed by atoms with Gasteiger partial charge in [0, 0.05) is 39.8 Å². The molecule has 0 spiro atoms. The number of methoxy groups -OCH3 is 1. The van der Waals surface area contributed by atoms with Crippen LogP contribution in [0.3, 0.4) is 0 Å². The zero-order valence-corrected chi connectivity index (χ0v) is 18.5. The number of aryl methyl sites for hydroxylation is 1. The molecule has 3 aromatic rings. The van der Waals surface area contributed by atoms with Gasteiger partial charge >= 0.3 is 5.69 Å². The number of carbonyl (C=O) groups is 1. The van der Waals surface area contributed by atoms with E-state index in [-0.39, 0.29) is 12.5 Å². The van der Waals surface area contributed by atoms with Crippen LogP contribution < -0.4 is 16.0 Å². The molecule has 2 heterocycles. The highest BCUT2D eigenvalue weighted by Gasteiger charge is 2.23. The minimum atomic E-state index is -0.472. The van der Waals surface area contributed by atoms with Gasteiger partial charge in [-0.3, -0.25) is 23.6 Å². The first-order chi connectivity index (χ1) is 15.5. The van der Waals surface area contributed by atoms with Gasteiger partial charge in [0.05, 0.1) is 18.0 Å². The van der Waals surface area contributed by atoms with Crippen molar-refractivity contribution in [1.29, 1.82) is 0 Å². The lowest BCUT2D eigenvalue weighted by molar-refractivity contribution is -0.133. The lowest BCUT2D eigenvalue weighted by Crippen LogP contribution is -2.51. The monoisotopic (exact) mass is 436 g/mol. The largest absolute Gasteiger partial charge is 0.497 e. The number of para-hydroxylation sites is 1. The Labute approximate surface area is 186 Å². The molecule has 1 amide bonds. The smallest absolute Gasteiger partial charge is 0.331 e. The fraction of sp³-hybridized carbons (Fsp3) is 0.375. The van der Waals surface area contributed by atoms with Gasteiger partial charge in [0.25, 0.3) is 5.56 Å². The zero-order valence-electron chi connectivity index (χ0n) is 18.5. The van der Waals surface area contributed by atoms with Crippen LogP contribution in [0.4, 0.5) is 0 Å². The molecule has 168 valence electrons. The van der Waals surface area contributed by atoms with E-state index >= 15 is 0 Å². The molecule has 1 aliphatic heterocycles. The SMILES string of the molecule is COc1ccc(CCN2CCN(C(=O)Cn3c(=O)c4ccccc4n(C)c3=O)CC2)cc1. The summed E-state index contributed by atoms with van der Waals surface area (Å²) in [6, 6.07) is 15.0. The van der Waals surface area contributed by atoms with Gasteiger partial charge in [-0.15, -0.1) is 0 Å². The van der Waals surface area contributed by atoms with Crippen molar-refractivity contribution in [2.45, 2.75) is 13.0 Å². The van der Waals surface area contributed by atoms with Crippen LogP contribution >= 0.6 is 0 Å². The van der Waals surface area contributed by atoms with Crippen LogP contribution in [0.2, 0.25) is 0 Å². The van der Waals surface area contributed by atoms with Gasteiger partial charge in [-0.25, -0.2) is 4.79 Å². The molecule has 8 heteroatoms. The second-order valence-electron chi connectivity index (χ2n) is 8.07. The molecule has 1 fully saturated rings. The second kappa shape index (κ2) is 9.40. The summed E-state index contributed by atoms with van der Waals surface area (Å²) in [6.45, 7) is 3.40. The Morgan fingerprint density at radius 1 is 0.969 bits per heavy atom. The molecule has 0 saturated carbocycles. The van der Waals surface area contributed by atoms with E-state index in [0.717, 1.165) is 36.4 Å². The highest BCUT2D eigenvalue weighted by molar-refractivity contribution is 5.79. The third-order valence-corrected chi connectivity index (χ3v) is 6.15. The summed E-state index contributed by atoms with van der Waals surface area (Å²) in [5.74, 6) is 0.649. The minimum Gasteiger partial charge on any atom is -0.497 e. The number of hydrogen-bond donors (Lipinski definition) is 0. The van der Waals surface area contributed by atoms with E-state index in [4.69, 9.17) is 4.74 Å². The average Bonchev–Trinajstić information content (AvgIpc) is 2.84. The maximum atomic E-state index is 12.9. The normalized spacial score (nSPS) is 14.6. The van der Waals surface area contributed by atoms with Crippen molar-refractivity contribution >= 4 is 16.8 Å². The first-order valence-corrected chi connectivity index (χ1v) is 10.8. The van der Waals surface area contributed by atoms with E-state index in [1.807, 2.05) is 12.1 Å². The fourth-order valence-electron chi connectivity index (χ4n) is 4.14. The lowest BCUT2D eigenvalue weighted by Gasteiger charge is -2.34. The summed E-state index contributed by atoms with van der Waals surface area (Å²) in [5, 5.41) is 0.436. The molecular formula is C24H28N4O4. The Balaban J connectivity index is 1.36. The Kier molecular flexibility index (Phi) is 6.41. The Bertz CT molecular complexity index is 1220. The predicted molar refractivity (Wildman–Crippen MR) is 123 cm³/mol. The molecule has 0 bridgehead atoms. The summed E-state index contributed by atoms with van der Waals surface area (Å²) in [5.41, 5.74) is 0.919. The molecular weight excluding hydrogens is 408 g/mol. The number of piperazine rings is 1. The summed E-state index contributed by atoms with van der Waals surface area (Å²) < 4.78 is 7.65. The summed E-state index contributed by atoms with van der Waals surface area (Å²) in [7, 11) is 3.27. The maximum absolute atomic E-state index is 12.9. The van der Waals surface area contributed by atoms with Crippen LogP contribution in [0.1, 0.15) is 5.56 Å². The van der Waals surface area contributed by atoms with E-state index in [1.165, 1.54) is 10.1 Å². The molecule has 0 unspecified atom stereocenters. The molecule has 32 heavy (non-hydrogen) atoms. The molecule has 0 radical (unpaired) electrons. The van der Waals surface area contributed by atoms with E-state index in [0.29, 0.717) is 24.0 Å². The fourth-order valence-corrected chi connectivity index (χ4v) is 4.14. The van der Waals surface area contributed by atoms with Gasteiger partial charge in [-0.05, 0) is 36.2 Å². The number of ether oxygens (including phenoxy) is 1. The highest BCUT2D eigenvalue weighted by Crippen LogP contribution is 2.13. The van der Waals surface area contributed by atoms with Crippen LogP contribution in [0, 0.1) is 0 Å². The van der Waals surface area contributed by atoms with Crippen LogP contribution in [0.25, 0.3) is 10.9 Å². The molecule has 2 aromatic carbocycles. The van der Waals surface area contributed by atoms with Crippen molar-refractivity contribution in [3.8, 4) is 5.75 Å². The highest BCUT2D eigenvalue weighted by atomic mass is 16.5. The Hall–Kier alpha value is -3.39. The third kappa shape index (κ3) is 4.45.